The summed E-state index contributed by atoms with van der Waals surface area (Å²) in [6, 6.07) is 5.74. The molecule has 0 saturated heterocycles. The van der Waals surface area contributed by atoms with Crippen LogP contribution in [0.1, 0.15) is 37.7 Å². The summed E-state index contributed by atoms with van der Waals surface area (Å²) in [5, 5.41) is 3.44. The summed E-state index contributed by atoms with van der Waals surface area (Å²) >= 11 is 0. The van der Waals surface area contributed by atoms with Crippen LogP contribution in [0.15, 0.2) is 18.2 Å². The van der Waals surface area contributed by atoms with Gasteiger partial charge in [0.15, 0.2) is 0 Å². The molecular formula is C14H20FNO. The first-order chi connectivity index (χ1) is 8.24. The first kappa shape index (κ1) is 12.4. The summed E-state index contributed by atoms with van der Waals surface area (Å²) in [5.41, 5.74) is 0.839. The zero-order chi connectivity index (χ0) is 12.3. The number of nitrogens with one attached hydrogen (secondary N) is 1. The van der Waals surface area contributed by atoms with Crippen LogP contribution < -0.4 is 10.1 Å². The maximum Gasteiger partial charge on any atom is 0.130 e. The zero-order valence-electron chi connectivity index (χ0n) is 10.5. The van der Waals surface area contributed by atoms with Gasteiger partial charge in [-0.1, -0.05) is 13.0 Å². The minimum Gasteiger partial charge on any atom is -0.497 e. The molecule has 0 heterocycles. The Bertz CT molecular complexity index is 380. The van der Waals surface area contributed by atoms with E-state index in [1.807, 2.05) is 12.1 Å². The van der Waals surface area contributed by atoms with Gasteiger partial charge in [-0.25, -0.2) is 4.39 Å². The van der Waals surface area contributed by atoms with Crippen LogP contribution in [0, 0.1) is 5.82 Å². The minimum atomic E-state index is -0.133. The van der Waals surface area contributed by atoms with E-state index in [4.69, 9.17) is 4.74 Å². The lowest BCUT2D eigenvalue weighted by Gasteiger charge is -2.13. The highest BCUT2D eigenvalue weighted by Crippen LogP contribution is 2.36. The minimum absolute atomic E-state index is 0.133. The van der Waals surface area contributed by atoms with Crippen LogP contribution >= 0.6 is 0 Å². The van der Waals surface area contributed by atoms with Crippen LogP contribution in [0.5, 0.6) is 5.75 Å². The summed E-state index contributed by atoms with van der Waals surface area (Å²) in [6.07, 6.45) is 3.25. The molecule has 2 unspecified atom stereocenters. The molecule has 1 N–H and O–H groups in total. The Balaban J connectivity index is 2.08. The topological polar surface area (TPSA) is 21.3 Å². The largest absolute Gasteiger partial charge is 0.497 e. The molecule has 0 aromatic heterocycles. The van der Waals surface area contributed by atoms with Crippen molar-refractivity contribution in [1.82, 2.24) is 5.32 Å². The SMILES string of the molecule is CCNC1CCC(c2ccc(OC)cc2F)C1. The Morgan fingerprint density at radius 2 is 2.24 bits per heavy atom. The summed E-state index contributed by atoms with van der Waals surface area (Å²) in [6.45, 7) is 3.10. The second-order valence-electron chi connectivity index (χ2n) is 4.65. The van der Waals surface area contributed by atoms with E-state index in [-0.39, 0.29) is 5.82 Å². The molecule has 1 aromatic rings. The third-order valence-electron chi connectivity index (χ3n) is 3.57. The lowest BCUT2D eigenvalue weighted by molar-refractivity contribution is 0.410. The first-order valence-corrected chi connectivity index (χ1v) is 6.31. The van der Waals surface area contributed by atoms with Gasteiger partial charge < -0.3 is 10.1 Å². The van der Waals surface area contributed by atoms with Crippen molar-refractivity contribution in [3.8, 4) is 5.75 Å². The molecule has 2 nitrogen and oxygen atoms in total. The van der Waals surface area contributed by atoms with Crippen molar-refractivity contribution in [2.24, 2.45) is 0 Å². The number of ether oxygens (including phenoxy) is 1. The number of hydrogen-bond acceptors (Lipinski definition) is 2. The van der Waals surface area contributed by atoms with Crippen LogP contribution in [0.4, 0.5) is 4.39 Å². The lowest BCUT2D eigenvalue weighted by Crippen LogP contribution is -2.25. The highest BCUT2D eigenvalue weighted by atomic mass is 19.1. The van der Waals surface area contributed by atoms with Crippen molar-refractivity contribution < 1.29 is 9.13 Å². The predicted molar refractivity (Wildman–Crippen MR) is 67.0 cm³/mol. The number of hydrogen-bond donors (Lipinski definition) is 1. The standard InChI is InChI=1S/C14H20FNO/c1-3-16-11-5-4-10(8-11)13-7-6-12(17-2)9-14(13)15/h6-7,9-11,16H,3-5,8H2,1-2H3. The smallest absolute Gasteiger partial charge is 0.130 e. The van der Waals surface area contributed by atoms with Crippen molar-refractivity contribution in [3.63, 3.8) is 0 Å². The zero-order valence-corrected chi connectivity index (χ0v) is 10.5. The molecule has 2 atom stereocenters. The Kier molecular flexibility index (Phi) is 4.00. The highest BCUT2D eigenvalue weighted by Gasteiger charge is 2.27. The van der Waals surface area contributed by atoms with Gasteiger partial charge >= 0.3 is 0 Å². The van der Waals surface area contributed by atoms with Gasteiger partial charge in [0, 0.05) is 12.1 Å². The van der Waals surface area contributed by atoms with Crippen LogP contribution in [0.2, 0.25) is 0 Å². The molecule has 1 aliphatic rings. The Hall–Kier alpha value is -1.09. The third-order valence-corrected chi connectivity index (χ3v) is 3.57. The van der Waals surface area contributed by atoms with Crippen LogP contribution in [0.25, 0.3) is 0 Å². The van der Waals surface area contributed by atoms with Crippen molar-refractivity contribution in [2.75, 3.05) is 13.7 Å². The molecule has 0 aliphatic heterocycles. The Morgan fingerprint density at radius 3 is 2.88 bits per heavy atom. The van der Waals surface area contributed by atoms with Gasteiger partial charge in [0.05, 0.1) is 7.11 Å². The van der Waals surface area contributed by atoms with Crippen molar-refractivity contribution in [1.29, 1.82) is 0 Å². The van der Waals surface area contributed by atoms with Gasteiger partial charge in [-0.05, 0) is 43.4 Å². The molecule has 0 spiro atoms. The van der Waals surface area contributed by atoms with E-state index in [9.17, 15) is 4.39 Å². The molecule has 17 heavy (non-hydrogen) atoms. The molecule has 2 rings (SSSR count). The molecule has 0 radical (unpaired) electrons. The van der Waals surface area contributed by atoms with Gasteiger partial charge in [-0.2, -0.15) is 0 Å². The van der Waals surface area contributed by atoms with Crippen LogP contribution in [-0.2, 0) is 0 Å². The second kappa shape index (κ2) is 5.50. The fourth-order valence-corrected chi connectivity index (χ4v) is 2.70. The fourth-order valence-electron chi connectivity index (χ4n) is 2.70. The maximum absolute atomic E-state index is 13.9. The summed E-state index contributed by atoms with van der Waals surface area (Å²) in [5.74, 6) is 0.809. The molecule has 94 valence electrons. The van der Waals surface area contributed by atoms with E-state index in [1.54, 1.807) is 7.11 Å². The molecular weight excluding hydrogens is 217 g/mol. The van der Waals surface area contributed by atoms with E-state index in [0.29, 0.717) is 17.7 Å². The Labute approximate surface area is 102 Å². The van der Waals surface area contributed by atoms with E-state index < -0.39 is 0 Å². The van der Waals surface area contributed by atoms with Gasteiger partial charge in [0.2, 0.25) is 0 Å². The second-order valence-corrected chi connectivity index (χ2v) is 4.65. The Morgan fingerprint density at radius 1 is 1.41 bits per heavy atom. The maximum atomic E-state index is 13.9. The average Bonchev–Trinajstić information content (AvgIpc) is 2.78. The number of halogens is 1. The highest BCUT2D eigenvalue weighted by molar-refractivity contribution is 5.31. The van der Waals surface area contributed by atoms with E-state index >= 15 is 0 Å². The molecule has 1 aromatic carbocycles. The van der Waals surface area contributed by atoms with Crippen molar-refractivity contribution >= 4 is 0 Å². The number of methoxy groups -OCH3 is 1. The first-order valence-electron chi connectivity index (χ1n) is 6.31. The van der Waals surface area contributed by atoms with Gasteiger partial charge in [-0.15, -0.1) is 0 Å². The van der Waals surface area contributed by atoms with Gasteiger partial charge in [0.25, 0.3) is 0 Å². The normalized spacial score (nSPS) is 23.9. The molecule has 3 heteroatoms. The molecule has 0 bridgehead atoms. The van der Waals surface area contributed by atoms with Gasteiger partial charge in [-0.3, -0.25) is 0 Å². The quantitative estimate of drug-likeness (QED) is 0.869. The van der Waals surface area contributed by atoms with E-state index in [0.717, 1.165) is 31.4 Å². The van der Waals surface area contributed by atoms with E-state index in [1.165, 1.54) is 6.07 Å². The average molecular weight is 237 g/mol. The van der Waals surface area contributed by atoms with Crippen LogP contribution in [-0.4, -0.2) is 19.7 Å². The lowest BCUT2D eigenvalue weighted by atomic mass is 9.97. The molecule has 0 amide bonds. The predicted octanol–water partition coefficient (Wildman–Crippen LogP) is 3.08. The monoisotopic (exact) mass is 237 g/mol. The number of rotatable bonds is 4. The molecule has 1 aliphatic carbocycles. The van der Waals surface area contributed by atoms with Gasteiger partial charge in [0.1, 0.15) is 11.6 Å². The molecule has 1 fully saturated rings. The van der Waals surface area contributed by atoms with Crippen molar-refractivity contribution in [3.05, 3.63) is 29.6 Å². The summed E-state index contributed by atoms with van der Waals surface area (Å²) in [4.78, 5) is 0. The summed E-state index contributed by atoms with van der Waals surface area (Å²) in [7, 11) is 1.56. The molecule has 1 saturated carbocycles. The summed E-state index contributed by atoms with van der Waals surface area (Å²) < 4.78 is 18.9. The van der Waals surface area contributed by atoms with E-state index in [2.05, 4.69) is 12.2 Å². The third kappa shape index (κ3) is 2.78. The fraction of sp³-hybridized carbons (Fsp3) is 0.571. The van der Waals surface area contributed by atoms with Crippen molar-refractivity contribution in [2.45, 2.75) is 38.1 Å². The number of benzene rings is 1. The van der Waals surface area contributed by atoms with Crippen LogP contribution in [0.3, 0.4) is 0 Å².